The summed E-state index contributed by atoms with van der Waals surface area (Å²) < 4.78 is 5.80. The van der Waals surface area contributed by atoms with Gasteiger partial charge in [-0.2, -0.15) is 0 Å². The van der Waals surface area contributed by atoms with E-state index >= 15 is 0 Å². The fraction of sp³-hybridized carbons (Fsp3) is 0.800. The summed E-state index contributed by atoms with van der Waals surface area (Å²) in [5.41, 5.74) is 0.448. The first-order chi connectivity index (χ1) is 8.72. The van der Waals surface area contributed by atoms with E-state index in [9.17, 15) is 9.90 Å². The van der Waals surface area contributed by atoms with E-state index in [4.69, 9.17) is 4.74 Å². The first-order valence-electron chi connectivity index (χ1n) is 7.03. The van der Waals surface area contributed by atoms with Crippen LogP contribution in [-0.4, -0.2) is 56.0 Å². The molecule has 1 unspecified atom stereocenters. The number of carbonyl (C=O) groups excluding carboxylic acids is 1. The summed E-state index contributed by atoms with van der Waals surface area (Å²) >= 11 is 0. The van der Waals surface area contributed by atoms with Gasteiger partial charge in [-0.05, 0) is 19.8 Å². The number of hydrogen-bond acceptors (Lipinski definition) is 3. The van der Waals surface area contributed by atoms with Crippen LogP contribution in [0.1, 0.15) is 39.0 Å². The van der Waals surface area contributed by atoms with Crippen LogP contribution < -0.4 is 12.4 Å². The molecule has 0 aromatic rings. The van der Waals surface area contributed by atoms with Gasteiger partial charge in [-0.25, -0.2) is 4.79 Å². The molecule has 120 valence electrons. The van der Waals surface area contributed by atoms with Crippen molar-refractivity contribution >= 4 is 5.97 Å². The summed E-state index contributed by atoms with van der Waals surface area (Å²) in [4.78, 5) is 11.1. The van der Waals surface area contributed by atoms with Crippen LogP contribution in [0.15, 0.2) is 12.2 Å². The molecule has 0 saturated carbocycles. The number of esters is 1. The van der Waals surface area contributed by atoms with Crippen molar-refractivity contribution in [1.82, 2.24) is 0 Å². The van der Waals surface area contributed by atoms with Gasteiger partial charge >= 0.3 is 5.97 Å². The smallest absolute Gasteiger partial charge is 0.333 e. The molecule has 0 aliphatic rings. The van der Waals surface area contributed by atoms with Crippen molar-refractivity contribution in [3.8, 4) is 0 Å². The van der Waals surface area contributed by atoms with E-state index < -0.39 is 0 Å². The second-order valence-electron chi connectivity index (χ2n) is 6.25. The van der Waals surface area contributed by atoms with Crippen molar-refractivity contribution in [1.29, 1.82) is 0 Å². The summed E-state index contributed by atoms with van der Waals surface area (Å²) in [5.74, 6) is -0.307. The first kappa shape index (κ1) is 21.7. The normalized spacial score (nSPS) is 12.4. The summed E-state index contributed by atoms with van der Waals surface area (Å²) in [6.07, 6.45) is 4.63. The molecule has 1 atom stereocenters. The van der Waals surface area contributed by atoms with E-state index in [0.717, 1.165) is 43.1 Å². The van der Waals surface area contributed by atoms with Crippen LogP contribution in [0.4, 0.5) is 0 Å². The highest BCUT2D eigenvalue weighted by molar-refractivity contribution is 5.86. The molecule has 0 rings (SSSR count). The SMILES string of the molecule is C=C(C)C(=O)OCCCCCCC(O)C[N+](C)(C)C.[Cl-]. The number of unbranched alkanes of at least 4 members (excludes halogenated alkanes) is 3. The zero-order valence-corrected chi connectivity index (χ0v) is 14.1. The maximum atomic E-state index is 11.1. The zero-order chi connectivity index (χ0) is 14.9. The van der Waals surface area contributed by atoms with Gasteiger partial charge in [-0.15, -0.1) is 0 Å². The number of quaternary nitrogens is 1. The Hall–Kier alpha value is -0.580. The second kappa shape index (κ2) is 11.1. The Balaban J connectivity index is 0. The molecule has 0 aromatic carbocycles. The Morgan fingerprint density at radius 2 is 1.75 bits per heavy atom. The molecule has 1 N–H and O–H groups in total. The molecule has 0 aliphatic carbocycles. The number of hydrogen-bond donors (Lipinski definition) is 1. The van der Waals surface area contributed by atoms with Crippen molar-refractivity contribution in [3.05, 3.63) is 12.2 Å². The lowest BCUT2D eigenvalue weighted by Gasteiger charge is -2.26. The number of carbonyl (C=O) groups is 1. The standard InChI is InChI=1S/C15H30NO3.ClH/c1-13(2)15(18)19-11-9-7-6-8-10-14(17)12-16(3,4)5;/h14,17H,1,6-12H2,2-5H3;1H/q+1;/p-1. The lowest BCUT2D eigenvalue weighted by Crippen LogP contribution is -3.00. The van der Waals surface area contributed by atoms with E-state index in [0.29, 0.717) is 12.2 Å². The van der Waals surface area contributed by atoms with Gasteiger partial charge in [-0.3, -0.25) is 0 Å². The van der Waals surface area contributed by atoms with Crippen molar-refractivity contribution in [2.75, 3.05) is 34.3 Å². The van der Waals surface area contributed by atoms with Gasteiger partial charge in [0.2, 0.25) is 0 Å². The highest BCUT2D eigenvalue weighted by Gasteiger charge is 2.14. The molecule has 0 aromatic heterocycles. The molecule has 4 nitrogen and oxygen atoms in total. The topological polar surface area (TPSA) is 46.5 Å². The van der Waals surface area contributed by atoms with E-state index in [1.54, 1.807) is 6.92 Å². The highest BCUT2D eigenvalue weighted by Crippen LogP contribution is 2.08. The number of aliphatic hydroxyl groups is 1. The van der Waals surface area contributed by atoms with E-state index in [-0.39, 0.29) is 24.5 Å². The molecule has 0 fully saturated rings. The van der Waals surface area contributed by atoms with E-state index in [2.05, 4.69) is 27.7 Å². The van der Waals surface area contributed by atoms with Gasteiger partial charge in [0.1, 0.15) is 12.6 Å². The maximum Gasteiger partial charge on any atom is 0.333 e. The predicted octanol–water partition coefficient (Wildman–Crippen LogP) is -0.873. The Bertz CT molecular complexity index is 287. The monoisotopic (exact) mass is 307 g/mol. The first-order valence-corrected chi connectivity index (χ1v) is 7.03. The summed E-state index contributed by atoms with van der Waals surface area (Å²) in [7, 11) is 6.25. The minimum Gasteiger partial charge on any atom is -1.00 e. The molecule has 0 aliphatic heterocycles. The van der Waals surface area contributed by atoms with Gasteiger partial charge in [0.15, 0.2) is 0 Å². The molecule has 0 radical (unpaired) electrons. The number of nitrogens with zero attached hydrogens (tertiary/aromatic N) is 1. The summed E-state index contributed by atoms with van der Waals surface area (Å²) in [5, 5.41) is 9.83. The Morgan fingerprint density at radius 1 is 1.20 bits per heavy atom. The Morgan fingerprint density at radius 3 is 2.25 bits per heavy atom. The van der Waals surface area contributed by atoms with Crippen molar-refractivity contribution in [2.45, 2.75) is 45.1 Å². The highest BCUT2D eigenvalue weighted by atomic mass is 35.5. The third-order valence-electron chi connectivity index (χ3n) is 2.77. The Labute approximate surface area is 129 Å². The summed E-state index contributed by atoms with van der Waals surface area (Å²) in [6, 6.07) is 0. The second-order valence-corrected chi connectivity index (χ2v) is 6.25. The lowest BCUT2D eigenvalue weighted by molar-refractivity contribution is -0.873. The maximum absolute atomic E-state index is 11.1. The minimum absolute atomic E-state index is 0. The summed E-state index contributed by atoms with van der Waals surface area (Å²) in [6.45, 7) is 6.43. The molecule has 0 amide bonds. The largest absolute Gasteiger partial charge is 1.00 e. The van der Waals surface area contributed by atoms with Crippen LogP contribution in [0, 0.1) is 0 Å². The quantitative estimate of drug-likeness (QED) is 0.247. The molecule has 5 heteroatoms. The van der Waals surface area contributed by atoms with Gasteiger partial charge in [0.05, 0.1) is 27.7 Å². The van der Waals surface area contributed by atoms with Crippen molar-refractivity contribution < 1.29 is 31.5 Å². The number of ether oxygens (including phenoxy) is 1. The van der Waals surface area contributed by atoms with E-state index in [1.165, 1.54) is 0 Å². The average Bonchev–Trinajstić information content (AvgIpc) is 2.24. The third kappa shape index (κ3) is 13.8. The number of likely N-dealkylation sites (N-methyl/N-ethyl adjacent to an activating group) is 1. The zero-order valence-electron chi connectivity index (χ0n) is 13.3. The number of halogens is 1. The van der Waals surface area contributed by atoms with E-state index in [1.807, 2.05) is 0 Å². The van der Waals surface area contributed by atoms with Crippen LogP contribution in [0.5, 0.6) is 0 Å². The fourth-order valence-electron chi connectivity index (χ4n) is 1.85. The van der Waals surface area contributed by atoms with Crippen molar-refractivity contribution in [2.24, 2.45) is 0 Å². The molecule has 20 heavy (non-hydrogen) atoms. The number of aliphatic hydroxyl groups excluding tert-OH is 1. The minimum atomic E-state index is -0.307. The number of rotatable bonds is 10. The lowest BCUT2D eigenvalue weighted by atomic mass is 10.1. The van der Waals surface area contributed by atoms with Gasteiger partial charge < -0.3 is 26.7 Å². The van der Waals surface area contributed by atoms with Crippen LogP contribution in [0.3, 0.4) is 0 Å². The predicted molar refractivity (Wildman–Crippen MR) is 77.8 cm³/mol. The molecular formula is C15H30ClNO3. The fourth-order valence-corrected chi connectivity index (χ4v) is 1.85. The van der Waals surface area contributed by atoms with Gasteiger partial charge in [-0.1, -0.05) is 25.8 Å². The van der Waals surface area contributed by atoms with Crippen molar-refractivity contribution in [3.63, 3.8) is 0 Å². The third-order valence-corrected chi connectivity index (χ3v) is 2.77. The molecular weight excluding hydrogens is 278 g/mol. The molecule has 0 spiro atoms. The van der Waals surface area contributed by atoms with Gasteiger partial charge in [0, 0.05) is 5.57 Å². The molecule has 0 bridgehead atoms. The molecule has 0 saturated heterocycles. The van der Waals surface area contributed by atoms with Crippen LogP contribution in [0.2, 0.25) is 0 Å². The molecule has 0 heterocycles. The van der Waals surface area contributed by atoms with Gasteiger partial charge in [0.25, 0.3) is 0 Å². The van der Waals surface area contributed by atoms with Crippen LogP contribution in [-0.2, 0) is 9.53 Å². The van der Waals surface area contributed by atoms with Crippen LogP contribution >= 0.6 is 0 Å². The Kier molecular flexibility index (Phi) is 12.1. The average molecular weight is 308 g/mol. The van der Waals surface area contributed by atoms with Crippen LogP contribution in [0.25, 0.3) is 0 Å².